The molecule has 1 saturated heterocycles. The van der Waals surface area contributed by atoms with Crippen molar-refractivity contribution in [2.75, 3.05) is 19.6 Å². The summed E-state index contributed by atoms with van der Waals surface area (Å²) in [4.78, 5) is 15.3. The number of hydrogen-bond acceptors (Lipinski definition) is 4. The van der Waals surface area contributed by atoms with Gasteiger partial charge in [0.05, 0.1) is 6.04 Å². The Morgan fingerprint density at radius 2 is 2.32 bits per heavy atom. The molecule has 1 amide bonds. The first-order valence-electron chi connectivity index (χ1n) is 6.93. The smallest absolute Gasteiger partial charge is 0.236 e. The highest BCUT2D eigenvalue weighted by Crippen LogP contribution is 2.20. The van der Waals surface area contributed by atoms with Crippen LogP contribution in [0.25, 0.3) is 0 Å². The molecule has 4 nitrogen and oxygen atoms in total. The lowest BCUT2D eigenvalue weighted by atomic mass is 9.96. The fraction of sp³-hybridized carbons (Fsp3) is 0.643. The van der Waals surface area contributed by atoms with Gasteiger partial charge in [-0.3, -0.25) is 9.69 Å². The van der Waals surface area contributed by atoms with Crippen LogP contribution in [0.3, 0.4) is 0 Å². The first-order valence-corrected chi connectivity index (χ1v) is 7.81. The minimum atomic E-state index is -0.404. The van der Waals surface area contributed by atoms with Crippen LogP contribution in [0.5, 0.6) is 0 Å². The van der Waals surface area contributed by atoms with Crippen molar-refractivity contribution in [1.82, 2.24) is 10.2 Å². The van der Waals surface area contributed by atoms with Gasteiger partial charge in [-0.15, -0.1) is 11.3 Å². The Morgan fingerprint density at radius 3 is 2.89 bits per heavy atom. The number of thiophene rings is 1. The number of likely N-dealkylation sites (tertiary alicyclic amines) is 1. The first-order chi connectivity index (χ1) is 9.15. The summed E-state index contributed by atoms with van der Waals surface area (Å²) in [5, 5.41) is 5.06. The Bertz CT molecular complexity index is 383. The molecule has 19 heavy (non-hydrogen) atoms. The Balaban J connectivity index is 1.66. The lowest BCUT2D eigenvalue weighted by Gasteiger charge is -2.31. The molecule has 3 N–H and O–H groups in total. The molecule has 0 radical (unpaired) electrons. The number of nitrogens with two attached hydrogens (primary N) is 1. The third kappa shape index (κ3) is 4.60. The fourth-order valence-electron chi connectivity index (χ4n) is 2.38. The van der Waals surface area contributed by atoms with E-state index >= 15 is 0 Å². The Kier molecular flexibility index (Phi) is 5.36. The van der Waals surface area contributed by atoms with Gasteiger partial charge in [0.2, 0.25) is 5.91 Å². The first kappa shape index (κ1) is 14.5. The molecule has 1 aromatic heterocycles. The molecule has 0 bridgehead atoms. The molecule has 2 heterocycles. The summed E-state index contributed by atoms with van der Waals surface area (Å²) in [6.45, 7) is 5.80. The normalized spacial score (nSPS) is 19.3. The van der Waals surface area contributed by atoms with Gasteiger partial charge in [-0.05, 0) is 50.2 Å². The van der Waals surface area contributed by atoms with Crippen LogP contribution in [-0.2, 0) is 11.3 Å². The van der Waals surface area contributed by atoms with Crippen molar-refractivity contribution < 1.29 is 4.79 Å². The second kappa shape index (κ2) is 7.03. The SMILES string of the molecule is C[C@@H](N)C(=O)NCC1CCN(Cc2cccs2)CC1. The van der Waals surface area contributed by atoms with E-state index < -0.39 is 6.04 Å². The largest absolute Gasteiger partial charge is 0.354 e. The van der Waals surface area contributed by atoms with Gasteiger partial charge in [-0.25, -0.2) is 0 Å². The Labute approximate surface area is 119 Å². The highest BCUT2D eigenvalue weighted by Gasteiger charge is 2.20. The van der Waals surface area contributed by atoms with Gasteiger partial charge >= 0.3 is 0 Å². The Morgan fingerprint density at radius 1 is 1.58 bits per heavy atom. The molecule has 1 aliphatic heterocycles. The monoisotopic (exact) mass is 281 g/mol. The highest BCUT2D eigenvalue weighted by molar-refractivity contribution is 7.09. The van der Waals surface area contributed by atoms with Crippen molar-refractivity contribution in [1.29, 1.82) is 0 Å². The van der Waals surface area contributed by atoms with Gasteiger partial charge in [0.15, 0.2) is 0 Å². The summed E-state index contributed by atoms with van der Waals surface area (Å²) >= 11 is 1.82. The number of carbonyl (C=O) groups is 1. The molecule has 2 rings (SSSR count). The van der Waals surface area contributed by atoms with Crippen LogP contribution >= 0.6 is 11.3 Å². The van der Waals surface area contributed by atoms with E-state index in [-0.39, 0.29) is 5.91 Å². The van der Waals surface area contributed by atoms with Crippen molar-refractivity contribution in [3.63, 3.8) is 0 Å². The molecule has 5 heteroatoms. The molecule has 106 valence electrons. The van der Waals surface area contributed by atoms with E-state index in [1.807, 2.05) is 11.3 Å². The van der Waals surface area contributed by atoms with E-state index in [2.05, 4.69) is 27.7 Å². The van der Waals surface area contributed by atoms with Crippen LogP contribution in [0.1, 0.15) is 24.6 Å². The lowest BCUT2D eigenvalue weighted by Crippen LogP contribution is -2.43. The quantitative estimate of drug-likeness (QED) is 0.858. The third-order valence-corrected chi connectivity index (χ3v) is 4.51. The highest BCUT2D eigenvalue weighted by atomic mass is 32.1. The molecular weight excluding hydrogens is 258 g/mol. The van der Waals surface area contributed by atoms with Crippen molar-refractivity contribution in [3.8, 4) is 0 Å². The summed E-state index contributed by atoms with van der Waals surface area (Å²) in [7, 11) is 0. The van der Waals surface area contributed by atoms with E-state index in [1.54, 1.807) is 6.92 Å². The average molecular weight is 281 g/mol. The predicted octanol–water partition coefficient (Wildman–Crippen LogP) is 1.42. The van der Waals surface area contributed by atoms with Crippen LogP contribution in [0, 0.1) is 5.92 Å². The van der Waals surface area contributed by atoms with Crippen LogP contribution in [0.15, 0.2) is 17.5 Å². The predicted molar refractivity (Wildman–Crippen MR) is 79.0 cm³/mol. The maximum absolute atomic E-state index is 11.4. The van der Waals surface area contributed by atoms with Gasteiger partial charge in [0.1, 0.15) is 0 Å². The van der Waals surface area contributed by atoms with E-state index in [0.717, 1.165) is 39.0 Å². The number of hydrogen-bond donors (Lipinski definition) is 2. The zero-order valence-corrected chi connectivity index (χ0v) is 12.3. The van der Waals surface area contributed by atoms with Gasteiger partial charge in [0.25, 0.3) is 0 Å². The molecule has 1 atom stereocenters. The number of nitrogens with zero attached hydrogens (tertiary/aromatic N) is 1. The van der Waals surface area contributed by atoms with Crippen LogP contribution in [0.2, 0.25) is 0 Å². The van der Waals surface area contributed by atoms with Gasteiger partial charge in [-0.1, -0.05) is 6.07 Å². The molecule has 0 spiro atoms. The fourth-order valence-corrected chi connectivity index (χ4v) is 3.12. The number of carbonyl (C=O) groups excluding carboxylic acids is 1. The van der Waals surface area contributed by atoms with E-state index in [0.29, 0.717) is 5.92 Å². The van der Waals surface area contributed by atoms with Gasteiger partial charge in [-0.2, -0.15) is 0 Å². The molecule has 0 aromatic carbocycles. The van der Waals surface area contributed by atoms with E-state index in [4.69, 9.17) is 5.73 Å². The topological polar surface area (TPSA) is 58.4 Å². The standard InChI is InChI=1S/C14H23N3OS/c1-11(15)14(18)16-9-12-4-6-17(7-5-12)10-13-3-2-8-19-13/h2-3,8,11-12H,4-7,9-10,15H2,1H3,(H,16,18)/t11-/m1/s1. The Hall–Kier alpha value is -0.910. The van der Waals surface area contributed by atoms with E-state index in [1.165, 1.54) is 4.88 Å². The molecule has 0 aliphatic carbocycles. The van der Waals surface area contributed by atoms with Gasteiger partial charge in [0, 0.05) is 18.0 Å². The summed E-state index contributed by atoms with van der Waals surface area (Å²) in [5.41, 5.74) is 5.53. The van der Waals surface area contributed by atoms with Crippen LogP contribution in [0.4, 0.5) is 0 Å². The summed E-state index contributed by atoms with van der Waals surface area (Å²) in [6.07, 6.45) is 2.31. The number of piperidine rings is 1. The summed E-state index contributed by atoms with van der Waals surface area (Å²) in [6, 6.07) is 3.90. The minimum absolute atomic E-state index is 0.0407. The number of amides is 1. The third-order valence-electron chi connectivity index (χ3n) is 3.65. The van der Waals surface area contributed by atoms with Gasteiger partial charge < -0.3 is 11.1 Å². The molecule has 1 aliphatic rings. The van der Waals surface area contributed by atoms with Crippen molar-refractivity contribution in [2.45, 2.75) is 32.4 Å². The maximum atomic E-state index is 11.4. The zero-order chi connectivity index (χ0) is 13.7. The molecule has 1 fully saturated rings. The van der Waals surface area contributed by atoms with E-state index in [9.17, 15) is 4.79 Å². The lowest BCUT2D eigenvalue weighted by molar-refractivity contribution is -0.122. The van der Waals surface area contributed by atoms with Crippen molar-refractivity contribution >= 4 is 17.2 Å². The molecular formula is C14H23N3OS. The summed E-state index contributed by atoms with van der Waals surface area (Å²) < 4.78 is 0. The van der Waals surface area contributed by atoms with Crippen molar-refractivity contribution in [2.24, 2.45) is 11.7 Å². The molecule has 0 unspecified atom stereocenters. The average Bonchev–Trinajstić information content (AvgIpc) is 2.90. The number of rotatable bonds is 5. The van der Waals surface area contributed by atoms with Crippen molar-refractivity contribution in [3.05, 3.63) is 22.4 Å². The number of nitrogens with one attached hydrogen (secondary N) is 1. The van der Waals surface area contributed by atoms with Crippen LogP contribution < -0.4 is 11.1 Å². The van der Waals surface area contributed by atoms with Crippen LogP contribution in [-0.4, -0.2) is 36.5 Å². The summed E-state index contributed by atoms with van der Waals surface area (Å²) in [5.74, 6) is 0.559. The maximum Gasteiger partial charge on any atom is 0.236 e. The second-order valence-electron chi connectivity index (χ2n) is 5.33. The second-order valence-corrected chi connectivity index (χ2v) is 6.36. The molecule has 0 saturated carbocycles. The molecule has 1 aromatic rings. The minimum Gasteiger partial charge on any atom is -0.354 e. The zero-order valence-electron chi connectivity index (χ0n) is 11.5.